The van der Waals surface area contributed by atoms with Crippen molar-refractivity contribution in [1.29, 1.82) is 0 Å². The summed E-state index contributed by atoms with van der Waals surface area (Å²) >= 11 is 0. The second kappa shape index (κ2) is 7.42. The van der Waals surface area contributed by atoms with Gasteiger partial charge in [0.15, 0.2) is 0 Å². The number of benzene rings is 1. The van der Waals surface area contributed by atoms with Crippen LogP contribution in [-0.2, 0) is 0 Å². The highest BCUT2D eigenvalue weighted by Gasteiger charge is 2.36. The standard InChI is InChI=1S/C14H18F4N2.ClH/c1-10-2-3-11(8-12(10)15)13(9-14(16,17)18)20-6-4-19-5-7-20;/h2-3,8,13,19H,4-7,9H2,1H3;1H/t13-;/m1./s1. The quantitative estimate of drug-likeness (QED) is 0.856. The van der Waals surface area contributed by atoms with Crippen molar-refractivity contribution in [3.63, 3.8) is 0 Å². The summed E-state index contributed by atoms with van der Waals surface area (Å²) in [6, 6.07) is 3.55. The van der Waals surface area contributed by atoms with Gasteiger partial charge in [-0.05, 0) is 24.1 Å². The molecular formula is C14H19ClF4N2. The van der Waals surface area contributed by atoms with E-state index in [9.17, 15) is 17.6 Å². The zero-order valence-electron chi connectivity index (χ0n) is 11.7. The number of rotatable bonds is 3. The van der Waals surface area contributed by atoms with E-state index in [2.05, 4.69) is 5.32 Å². The molecule has 1 atom stereocenters. The highest BCUT2D eigenvalue weighted by atomic mass is 35.5. The average molecular weight is 327 g/mol. The Kier molecular flexibility index (Phi) is 6.43. The molecule has 1 heterocycles. The molecule has 0 radical (unpaired) electrons. The fraction of sp³-hybridized carbons (Fsp3) is 0.571. The first-order chi connectivity index (χ1) is 9.37. The van der Waals surface area contributed by atoms with E-state index in [1.807, 2.05) is 0 Å². The SMILES string of the molecule is Cc1ccc([C@@H](CC(F)(F)F)N2CCNCC2)cc1F.Cl. The van der Waals surface area contributed by atoms with Crippen molar-refractivity contribution < 1.29 is 17.6 Å². The first-order valence-electron chi connectivity index (χ1n) is 6.64. The minimum atomic E-state index is -4.27. The molecule has 0 spiro atoms. The third kappa shape index (κ3) is 5.13. The van der Waals surface area contributed by atoms with Crippen LogP contribution in [0.2, 0.25) is 0 Å². The van der Waals surface area contributed by atoms with Crippen LogP contribution in [0.15, 0.2) is 18.2 Å². The van der Waals surface area contributed by atoms with Crippen molar-refractivity contribution >= 4 is 12.4 Å². The highest BCUT2D eigenvalue weighted by Crippen LogP contribution is 2.34. The largest absolute Gasteiger partial charge is 0.390 e. The lowest BCUT2D eigenvalue weighted by atomic mass is 9.99. The minimum absolute atomic E-state index is 0. The fourth-order valence-electron chi connectivity index (χ4n) is 2.49. The Morgan fingerprint density at radius 1 is 1.24 bits per heavy atom. The second-order valence-corrected chi connectivity index (χ2v) is 5.13. The minimum Gasteiger partial charge on any atom is -0.314 e. The van der Waals surface area contributed by atoms with Crippen molar-refractivity contribution in [2.24, 2.45) is 0 Å². The van der Waals surface area contributed by atoms with Crippen LogP contribution in [0.3, 0.4) is 0 Å². The van der Waals surface area contributed by atoms with Gasteiger partial charge in [0.1, 0.15) is 5.82 Å². The van der Waals surface area contributed by atoms with Gasteiger partial charge in [-0.2, -0.15) is 13.2 Å². The van der Waals surface area contributed by atoms with Gasteiger partial charge in [0.25, 0.3) is 0 Å². The third-order valence-electron chi connectivity index (χ3n) is 3.60. The number of hydrogen-bond acceptors (Lipinski definition) is 2. The number of piperazine rings is 1. The Hall–Kier alpha value is -0.850. The van der Waals surface area contributed by atoms with Crippen molar-refractivity contribution in [1.82, 2.24) is 10.2 Å². The van der Waals surface area contributed by atoms with Gasteiger partial charge >= 0.3 is 6.18 Å². The van der Waals surface area contributed by atoms with Crippen LogP contribution in [0.4, 0.5) is 17.6 Å². The Morgan fingerprint density at radius 3 is 2.38 bits per heavy atom. The molecule has 1 aromatic carbocycles. The predicted molar refractivity (Wildman–Crippen MR) is 76.2 cm³/mol. The van der Waals surface area contributed by atoms with Crippen LogP contribution in [0.1, 0.15) is 23.6 Å². The van der Waals surface area contributed by atoms with Crippen molar-refractivity contribution in [3.05, 3.63) is 35.1 Å². The highest BCUT2D eigenvalue weighted by molar-refractivity contribution is 5.85. The Labute approximate surface area is 127 Å². The summed E-state index contributed by atoms with van der Waals surface area (Å²) < 4.78 is 52.0. The molecule has 1 aliphatic heterocycles. The predicted octanol–water partition coefficient (Wildman–Crippen LogP) is 3.45. The topological polar surface area (TPSA) is 15.3 Å². The maximum Gasteiger partial charge on any atom is 0.390 e. The van der Waals surface area contributed by atoms with Gasteiger partial charge in [-0.3, -0.25) is 4.90 Å². The molecule has 0 unspecified atom stereocenters. The van der Waals surface area contributed by atoms with Crippen LogP contribution in [0, 0.1) is 12.7 Å². The van der Waals surface area contributed by atoms with Crippen LogP contribution in [0.25, 0.3) is 0 Å². The van der Waals surface area contributed by atoms with Gasteiger partial charge in [0, 0.05) is 32.2 Å². The lowest BCUT2D eigenvalue weighted by molar-refractivity contribution is -0.148. The van der Waals surface area contributed by atoms with E-state index >= 15 is 0 Å². The Bertz CT molecular complexity index is 459. The zero-order valence-corrected chi connectivity index (χ0v) is 12.5. The van der Waals surface area contributed by atoms with E-state index in [-0.39, 0.29) is 12.4 Å². The van der Waals surface area contributed by atoms with Crippen LogP contribution in [0.5, 0.6) is 0 Å². The summed E-state index contributed by atoms with van der Waals surface area (Å²) in [4.78, 5) is 1.77. The van der Waals surface area contributed by atoms with E-state index in [0.717, 1.165) is 0 Å². The van der Waals surface area contributed by atoms with E-state index in [1.54, 1.807) is 17.9 Å². The van der Waals surface area contributed by atoms with Crippen molar-refractivity contribution in [2.45, 2.75) is 25.6 Å². The van der Waals surface area contributed by atoms with Gasteiger partial charge in [-0.1, -0.05) is 12.1 Å². The molecular weight excluding hydrogens is 308 g/mol. The Morgan fingerprint density at radius 2 is 1.86 bits per heavy atom. The molecule has 0 aliphatic carbocycles. The number of nitrogens with zero attached hydrogens (tertiary/aromatic N) is 1. The van der Waals surface area contributed by atoms with Crippen molar-refractivity contribution in [2.75, 3.05) is 26.2 Å². The monoisotopic (exact) mass is 326 g/mol. The molecule has 0 bridgehead atoms. The second-order valence-electron chi connectivity index (χ2n) is 5.13. The molecule has 7 heteroatoms. The van der Waals surface area contributed by atoms with E-state index < -0.39 is 24.5 Å². The van der Waals surface area contributed by atoms with E-state index in [1.165, 1.54) is 12.1 Å². The van der Waals surface area contributed by atoms with Crippen LogP contribution in [-0.4, -0.2) is 37.3 Å². The van der Waals surface area contributed by atoms with Gasteiger partial charge in [-0.15, -0.1) is 12.4 Å². The van der Waals surface area contributed by atoms with Crippen LogP contribution >= 0.6 is 12.4 Å². The lowest BCUT2D eigenvalue weighted by Crippen LogP contribution is -2.46. The fourth-order valence-corrected chi connectivity index (χ4v) is 2.49. The summed E-state index contributed by atoms with van der Waals surface area (Å²) in [5.74, 6) is -0.454. The number of nitrogens with one attached hydrogen (secondary N) is 1. The maximum atomic E-state index is 13.6. The lowest BCUT2D eigenvalue weighted by Gasteiger charge is -2.35. The van der Waals surface area contributed by atoms with E-state index in [4.69, 9.17) is 0 Å². The van der Waals surface area contributed by atoms with Gasteiger partial charge < -0.3 is 5.32 Å². The normalized spacial score (nSPS) is 18.1. The van der Waals surface area contributed by atoms with Crippen LogP contribution < -0.4 is 5.32 Å². The number of alkyl halides is 3. The molecule has 2 nitrogen and oxygen atoms in total. The van der Waals surface area contributed by atoms with Gasteiger partial charge in [0.2, 0.25) is 0 Å². The first kappa shape index (κ1) is 18.2. The molecule has 1 saturated heterocycles. The molecule has 0 amide bonds. The first-order valence-corrected chi connectivity index (χ1v) is 6.64. The smallest absolute Gasteiger partial charge is 0.314 e. The molecule has 2 rings (SSSR count). The van der Waals surface area contributed by atoms with E-state index in [0.29, 0.717) is 37.3 Å². The molecule has 1 aromatic rings. The average Bonchev–Trinajstić information content (AvgIpc) is 2.39. The van der Waals surface area contributed by atoms with Crippen molar-refractivity contribution in [3.8, 4) is 0 Å². The number of aryl methyl sites for hydroxylation is 1. The summed E-state index contributed by atoms with van der Waals surface area (Å²) in [5.41, 5.74) is 0.840. The molecule has 120 valence electrons. The summed E-state index contributed by atoms with van der Waals surface area (Å²) in [7, 11) is 0. The number of halogens is 5. The van der Waals surface area contributed by atoms with Gasteiger partial charge in [0.05, 0.1) is 6.42 Å². The molecule has 0 saturated carbocycles. The molecule has 1 fully saturated rings. The molecule has 1 N–H and O–H groups in total. The molecule has 0 aromatic heterocycles. The summed E-state index contributed by atoms with van der Waals surface area (Å²) in [5, 5.41) is 3.11. The molecule has 21 heavy (non-hydrogen) atoms. The summed E-state index contributed by atoms with van der Waals surface area (Å²) in [6.45, 7) is 3.99. The van der Waals surface area contributed by atoms with Gasteiger partial charge in [-0.25, -0.2) is 4.39 Å². The zero-order chi connectivity index (χ0) is 14.8. The molecule has 1 aliphatic rings. The Balaban J connectivity index is 0.00000220. The third-order valence-corrected chi connectivity index (χ3v) is 3.60. The maximum absolute atomic E-state index is 13.6. The summed E-state index contributed by atoms with van der Waals surface area (Å²) in [6.07, 6.45) is -5.22. The number of hydrogen-bond donors (Lipinski definition) is 1.